The van der Waals surface area contributed by atoms with E-state index in [2.05, 4.69) is 9.97 Å². The molecule has 1 N–H and O–H groups in total. The highest BCUT2D eigenvalue weighted by Gasteiger charge is 2.23. The number of hydrogen-bond acceptors (Lipinski definition) is 7. The SMILES string of the molecule is CCOc1cc(-c2nc3cc(OC)c(OC)cc3[nH]2)cc([N+](=O)[O-])c1OC. The van der Waals surface area contributed by atoms with Crippen molar-refractivity contribution in [3.63, 3.8) is 0 Å². The van der Waals surface area contributed by atoms with Gasteiger partial charge in [-0.1, -0.05) is 0 Å². The molecular formula is C18H19N3O6. The molecular weight excluding hydrogens is 354 g/mol. The van der Waals surface area contributed by atoms with Crippen molar-refractivity contribution in [2.24, 2.45) is 0 Å². The van der Waals surface area contributed by atoms with Gasteiger partial charge in [-0.25, -0.2) is 4.98 Å². The molecule has 0 aliphatic carbocycles. The van der Waals surface area contributed by atoms with E-state index in [0.29, 0.717) is 40.5 Å². The van der Waals surface area contributed by atoms with Crippen LogP contribution in [0.4, 0.5) is 5.69 Å². The van der Waals surface area contributed by atoms with E-state index in [-0.39, 0.29) is 17.2 Å². The van der Waals surface area contributed by atoms with Crippen LogP contribution < -0.4 is 18.9 Å². The van der Waals surface area contributed by atoms with Crippen LogP contribution in [0, 0.1) is 10.1 Å². The minimum absolute atomic E-state index is 0.0741. The maximum Gasteiger partial charge on any atom is 0.315 e. The lowest BCUT2D eigenvalue weighted by Crippen LogP contribution is -2.00. The number of nitrogens with one attached hydrogen (secondary N) is 1. The number of rotatable bonds is 7. The van der Waals surface area contributed by atoms with Gasteiger partial charge < -0.3 is 23.9 Å². The fraction of sp³-hybridized carbons (Fsp3) is 0.278. The molecule has 3 aromatic rings. The first-order valence-electron chi connectivity index (χ1n) is 8.13. The Labute approximate surface area is 155 Å². The third-order valence-electron chi connectivity index (χ3n) is 4.00. The van der Waals surface area contributed by atoms with Crippen molar-refractivity contribution in [1.29, 1.82) is 0 Å². The summed E-state index contributed by atoms with van der Waals surface area (Å²) >= 11 is 0. The van der Waals surface area contributed by atoms with Gasteiger partial charge in [-0.2, -0.15) is 0 Å². The van der Waals surface area contributed by atoms with E-state index in [1.807, 2.05) is 0 Å². The Morgan fingerprint density at radius 2 is 1.74 bits per heavy atom. The fourth-order valence-electron chi connectivity index (χ4n) is 2.80. The zero-order valence-corrected chi connectivity index (χ0v) is 15.4. The standard InChI is InChI=1S/C18H19N3O6/c1-5-27-16-7-10(6-13(21(22)23)17(16)26-4)18-19-11-8-14(24-2)15(25-3)9-12(11)20-18/h6-9H,5H2,1-4H3,(H,19,20). The van der Waals surface area contributed by atoms with Crippen LogP contribution in [0.3, 0.4) is 0 Å². The number of nitro groups is 1. The number of methoxy groups -OCH3 is 3. The van der Waals surface area contributed by atoms with Gasteiger partial charge in [-0.3, -0.25) is 10.1 Å². The molecule has 9 nitrogen and oxygen atoms in total. The summed E-state index contributed by atoms with van der Waals surface area (Å²) in [4.78, 5) is 18.6. The van der Waals surface area contributed by atoms with E-state index in [4.69, 9.17) is 18.9 Å². The molecule has 3 rings (SSSR count). The molecule has 0 saturated heterocycles. The summed E-state index contributed by atoms with van der Waals surface area (Å²) < 4.78 is 21.3. The molecule has 9 heteroatoms. The molecule has 0 fully saturated rings. The first-order chi connectivity index (χ1) is 13.0. The summed E-state index contributed by atoms with van der Waals surface area (Å²) in [7, 11) is 4.45. The molecule has 1 aromatic heterocycles. The second kappa shape index (κ2) is 7.40. The van der Waals surface area contributed by atoms with Crippen molar-refractivity contribution in [2.75, 3.05) is 27.9 Å². The third-order valence-corrected chi connectivity index (χ3v) is 4.00. The zero-order valence-electron chi connectivity index (χ0n) is 15.4. The minimum Gasteiger partial charge on any atom is -0.493 e. The molecule has 0 atom stereocenters. The lowest BCUT2D eigenvalue weighted by Gasteiger charge is -2.11. The summed E-state index contributed by atoms with van der Waals surface area (Å²) in [6.07, 6.45) is 0. The Morgan fingerprint density at radius 3 is 2.33 bits per heavy atom. The molecule has 0 unspecified atom stereocenters. The number of imidazole rings is 1. The van der Waals surface area contributed by atoms with Crippen LogP contribution in [-0.4, -0.2) is 42.8 Å². The van der Waals surface area contributed by atoms with Crippen molar-refractivity contribution in [3.05, 3.63) is 34.4 Å². The van der Waals surface area contributed by atoms with E-state index in [0.717, 1.165) is 0 Å². The average Bonchev–Trinajstić information content (AvgIpc) is 3.09. The quantitative estimate of drug-likeness (QED) is 0.498. The minimum atomic E-state index is -0.514. The van der Waals surface area contributed by atoms with Gasteiger partial charge in [0, 0.05) is 23.8 Å². The largest absolute Gasteiger partial charge is 0.493 e. The number of nitrogens with zero attached hydrogens (tertiary/aromatic N) is 2. The van der Waals surface area contributed by atoms with Crippen LogP contribution in [0.2, 0.25) is 0 Å². The highest BCUT2D eigenvalue weighted by atomic mass is 16.6. The highest BCUT2D eigenvalue weighted by molar-refractivity contribution is 5.84. The molecule has 0 aliphatic rings. The third kappa shape index (κ3) is 3.31. The van der Waals surface area contributed by atoms with Gasteiger partial charge in [0.25, 0.3) is 0 Å². The molecule has 0 spiro atoms. The molecule has 1 heterocycles. The summed E-state index contributed by atoms with van der Waals surface area (Å²) in [5, 5.41) is 11.5. The van der Waals surface area contributed by atoms with Crippen molar-refractivity contribution >= 4 is 16.7 Å². The smallest absolute Gasteiger partial charge is 0.315 e. The van der Waals surface area contributed by atoms with Crippen LogP contribution in [0.5, 0.6) is 23.0 Å². The Kier molecular flexibility index (Phi) is 5.02. The number of hydrogen-bond donors (Lipinski definition) is 1. The average molecular weight is 373 g/mol. The van der Waals surface area contributed by atoms with Gasteiger partial charge in [0.1, 0.15) is 5.82 Å². The van der Waals surface area contributed by atoms with Crippen LogP contribution in [0.1, 0.15) is 6.92 Å². The number of benzene rings is 2. The maximum absolute atomic E-state index is 11.5. The van der Waals surface area contributed by atoms with Gasteiger partial charge >= 0.3 is 5.69 Å². The van der Waals surface area contributed by atoms with Gasteiger partial charge in [0.2, 0.25) is 5.75 Å². The van der Waals surface area contributed by atoms with E-state index in [1.54, 1.807) is 39.3 Å². The van der Waals surface area contributed by atoms with Crippen molar-refractivity contribution < 1.29 is 23.9 Å². The van der Waals surface area contributed by atoms with Crippen LogP contribution in [0.15, 0.2) is 24.3 Å². The van der Waals surface area contributed by atoms with E-state index in [1.165, 1.54) is 13.2 Å². The summed E-state index contributed by atoms with van der Waals surface area (Å²) in [6.45, 7) is 2.13. The van der Waals surface area contributed by atoms with Crippen molar-refractivity contribution in [1.82, 2.24) is 9.97 Å². The fourth-order valence-corrected chi connectivity index (χ4v) is 2.80. The van der Waals surface area contributed by atoms with E-state index in [9.17, 15) is 10.1 Å². The van der Waals surface area contributed by atoms with Crippen LogP contribution in [-0.2, 0) is 0 Å². The Bertz CT molecular complexity index is 957. The number of H-pyrrole nitrogens is 1. The molecule has 142 valence electrons. The number of nitro benzene ring substituents is 1. The molecule has 2 aromatic carbocycles. The first kappa shape index (κ1) is 18.3. The molecule has 0 aliphatic heterocycles. The molecule has 0 saturated carbocycles. The van der Waals surface area contributed by atoms with Gasteiger partial charge in [-0.05, 0) is 13.0 Å². The first-order valence-corrected chi connectivity index (χ1v) is 8.13. The highest BCUT2D eigenvalue weighted by Crippen LogP contribution is 2.41. The van der Waals surface area contributed by atoms with Gasteiger partial charge in [0.15, 0.2) is 17.2 Å². The molecule has 27 heavy (non-hydrogen) atoms. The molecule has 0 amide bonds. The lowest BCUT2D eigenvalue weighted by atomic mass is 10.1. The summed E-state index contributed by atoms with van der Waals surface area (Å²) in [6, 6.07) is 6.54. The molecule has 0 radical (unpaired) electrons. The number of aromatic nitrogens is 2. The van der Waals surface area contributed by atoms with E-state index < -0.39 is 4.92 Å². The summed E-state index contributed by atoms with van der Waals surface area (Å²) in [5.41, 5.74) is 1.65. The predicted molar refractivity (Wildman–Crippen MR) is 99.0 cm³/mol. The number of aromatic amines is 1. The van der Waals surface area contributed by atoms with E-state index >= 15 is 0 Å². The number of ether oxygens (including phenoxy) is 4. The van der Waals surface area contributed by atoms with Crippen molar-refractivity contribution in [2.45, 2.75) is 6.92 Å². The Morgan fingerprint density at radius 1 is 1.04 bits per heavy atom. The van der Waals surface area contributed by atoms with Crippen molar-refractivity contribution in [3.8, 4) is 34.4 Å². The Balaban J connectivity index is 2.19. The zero-order chi connectivity index (χ0) is 19.6. The van der Waals surface area contributed by atoms with Gasteiger partial charge in [0.05, 0.1) is 43.9 Å². The topological polar surface area (TPSA) is 109 Å². The van der Waals surface area contributed by atoms with Crippen LogP contribution >= 0.6 is 0 Å². The van der Waals surface area contributed by atoms with Crippen LogP contribution in [0.25, 0.3) is 22.4 Å². The van der Waals surface area contributed by atoms with Gasteiger partial charge in [-0.15, -0.1) is 0 Å². The second-order valence-electron chi connectivity index (χ2n) is 5.53. The Hall–Kier alpha value is -3.49. The maximum atomic E-state index is 11.5. The number of fused-ring (bicyclic) bond motifs is 1. The monoisotopic (exact) mass is 373 g/mol. The summed E-state index contributed by atoms with van der Waals surface area (Å²) in [5.74, 6) is 1.89. The normalized spacial score (nSPS) is 10.7. The second-order valence-corrected chi connectivity index (χ2v) is 5.53. The molecule has 0 bridgehead atoms. The lowest BCUT2D eigenvalue weighted by molar-refractivity contribution is -0.385. The predicted octanol–water partition coefficient (Wildman–Crippen LogP) is 3.56.